The van der Waals surface area contributed by atoms with Gasteiger partial charge in [0.2, 0.25) is 0 Å². The van der Waals surface area contributed by atoms with Crippen molar-refractivity contribution in [2.75, 3.05) is 19.0 Å². The molecular formula is C22H19N3O3. The minimum Gasteiger partial charge on any atom is -0.495 e. The molecule has 0 bridgehead atoms. The Morgan fingerprint density at radius 2 is 1.89 bits per heavy atom. The average Bonchev–Trinajstić information content (AvgIpc) is 3.17. The molecule has 6 nitrogen and oxygen atoms in total. The molecule has 0 radical (unpaired) electrons. The molecular weight excluding hydrogens is 354 g/mol. The second kappa shape index (κ2) is 7.84. The summed E-state index contributed by atoms with van der Waals surface area (Å²) >= 11 is 0. The lowest BCUT2D eigenvalue weighted by Crippen LogP contribution is -2.20. The van der Waals surface area contributed by atoms with Crippen LogP contribution in [0.5, 0.6) is 11.5 Å². The second-order valence-electron chi connectivity index (χ2n) is 6.16. The van der Waals surface area contributed by atoms with Gasteiger partial charge in [-0.1, -0.05) is 24.3 Å². The van der Waals surface area contributed by atoms with Gasteiger partial charge in [-0.05, 0) is 42.5 Å². The van der Waals surface area contributed by atoms with Crippen molar-refractivity contribution in [1.82, 2.24) is 9.38 Å². The van der Waals surface area contributed by atoms with Crippen LogP contribution in [-0.2, 0) is 4.79 Å². The number of carbonyl (C=O) groups excluding carboxylic acids is 1. The maximum atomic E-state index is 12.3. The largest absolute Gasteiger partial charge is 0.495 e. The summed E-state index contributed by atoms with van der Waals surface area (Å²) in [7, 11) is 1.57. The molecule has 140 valence electrons. The van der Waals surface area contributed by atoms with Crippen molar-refractivity contribution in [3.63, 3.8) is 0 Å². The SMILES string of the molecule is COc1ccc(-c2cn3ccccc3n2)cc1NC(=O)COc1ccccc1. The predicted octanol–water partition coefficient (Wildman–Crippen LogP) is 4.03. The maximum absolute atomic E-state index is 12.3. The summed E-state index contributed by atoms with van der Waals surface area (Å²) in [5.74, 6) is 0.943. The van der Waals surface area contributed by atoms with Gasteiger partial charge >= 0.3 is 0 Å². The number of nitrogens with zero attached hydrogens (tertiary/aromatic N) is 2. The molecule has 0 aliphatic carbocycles. The molecule has 1 N–H and O–H groups in total. The van der Waals surface area contributed by atoms with E-state index in [0.717, 1.165) is 16.9 Å². The molecule has 0 aliphatic rings. The summed E-state index contributed by atoms with van der Waals surface area (Å²) in [6.07, 6.45) is 3.89. The molecule has 0 saturated carbocycles. The van der Waals surface area contributed by atoms with E-state index in [0.29, 0.717) is 17.2 Å². The van der Waals surface area contributed by atoms with Crippen LogP contribution >= 0.6 is 0 Å². The molecule has 0 unspecified atom stereocenters. The second-order valence-corrected chi connectivity index (χ2v) is 6.16. The number of anilines is 1. The molecule has 6 heteroatoms. The quantitative estimate of drug-likeness (QED) is 0.554. The van der Waals surface area contributed by atoms with Crippen molar-refractivity contribution in [3.8, 4) is 22.8 Å². The van der Waals surface area contributed by atoms with Crippen LogP contribution in [0.15, 0.2) is 79.1 Å². The van der Waals surface area contributed by atoms with E-state index in [1.165, 1.54) is 0 Å². The number of ether oxygens (including phenoxy) is 2. The number of hydrogen-bond acceptors (Lipinski definition) is 4. The van der Waals surface area contributed by atoms with Crippen LogP contribution in [0.3, 0.4) is 0 Å². The molecule has 0 spiro atoms. The van der Waals surface area contributed by atoms with Gasteiger partial charge in [-0.3, -0.25) is 4.79 Å². The zero-order valence-corrected chi connectivity index (χ0v) is 15.3. The van der Waals surface area contributed by atoms with Gasteiger partial charge in [-0.2, -0.15) is 0 Å². The van der Waals surface area contributed by atoms with E-state index >= 15 is 0 Å². The standard InChI is InChI=1S/C22H19N3O3/c1-27-20-11-10-16(19-14-25-12-6-5-9-21(25)23-19)13-18(20)24-22(26)15-28-17-7-3-2-4-8-17/h2-14H,15H2,1H3,(H,24,26). The highest BCUT2D eigenvalue weighted by atomic mass is 16.5. The van der Waals surface area contributed by atoms with Crippen molar-refractivity contribution >= 4 is 17.2 Å². The lowest BCUT2D eigenvalue weighted by Gasteiger charge is -2.12. The number of para-hydroxylation sites is 1. The summed E-state index contributed by atoms with van der Waals surface area (Å²) in [6, 6.07) is 20.6. The fourth-order valence-electron chi connectivity index (χ4n) is 2.89. The molecule has 1 amide bonds. The molecule has 28 heavy (non-hydrogen) atoms. The Balaban J connectivity index is 1.54. The number of rotatable bonds is 6. The van der Waals surface area contributed by atoms with Crippen LogP contribution in [0.2, 0.25) is 0 Å². The van der Waals surface area contributed by atoms with Gasteiger partial charge in [0.05, 0.1) is 18.5 Å². The summed E-state index contributed by atoms with van der Waals surface area (Å²) in [4.78, 5) is 17.0. The first-order valence-electron chi connectivity index (χ1n) is 8.83. The van der Waals surface area contributed by atoms with Crippen LogP contribution in [0.4, 0.5) is 5.69 Å². The predicted molar refractivity (Wildman–Crippen MR) is 108 cm³/mol. The first-order chi connectivity index (χ1) is 13.7. The molecule has 4 aromatic rings. The number of methoxy groups -OCH3 is 1. The lowest BCUT2D eigenvalue weighted by molar-refractivity contribution is -0.118. The molecule has 2 aromatic carbocycles. The zero-order chi connectivity index (χ0) is 19.3. The third kappa shape index (κ3) is 3.81. The van der Waals surface area contributed by atoms with Gasteiger partial charge in [0.1, 0.15) is 17.1 Å². The lowest BCUT2D eigenvalue weighted by atomic mass is 10.1. The van der Waals surface area contributed by atoms with Crippen LogP contribution in [0.1, 0.15) is 0 Å². The zero-order valence-electron chi connectivity index (χ0n) is 15.3. The molecule has 2 aromatic heterocycles. The van der Waals surface area contributed by atoms with Gasteiger partial charge in [0.25, 0.3) is 5.91 Å². The number of imidazole rings is 1. The number of nitrogens with one attached hydrogen (secondary N) is 1. The third-order valence-corrected chi connectivity index (χ3v) is 4.25. The van der Waals surface area contributed by atoms with E-state index in [4.69, 9.17) is 9.47 Å². The smallest absolute Gasteiger partial charge is 0.262 e. The van der Waals surface area contributed by atoms with Gasteiger partial charge in [-0.15, -0.1) is 0 Å². The Morgan fingerprint density at radius 1 is 1.07 bits per heavy atom. The van der Waals surface area contributed by atoms with Crippen LogP contribution in [0, 0.1) is 0 Å². The van der Waals surface area contributed by atoms with E-state index < -0.39 is 0 Å². The van der Waals surface area contributed by atoms with Crippen LogP contribution in [0.25, 0.3) is 16.9 Å². The summed E-state index contributed by atoms with van der Waals surface area (Å²) < 4.78 is 12.8. The Morgan fingerprint density at radius 3 is 2.68 bits per heavy atom. The fourth-order valence-corrected chi connectivity index (χ4v) is 2.89. The molecule has 0 fully saturated rings. The molecule has 0 aliphatic heterocycles. The minimum absolute atomic E-state index is 0.0915. The first kappa shape index (κ1) is 17.6. The fraction of sp³-hybridized carbons (Fsp3) is 0.0909. The molecule has 4 rings (SSSR count). The Labute approximate surface area is 162 Å². The molecule has 0 atom stereocenters. The number of aromatic nitrogens is 2. The van der Waals surface area contributed by atoms with Crippen molar-refractivity contribution in [3.05, 3.63) is 79.1 Å². The minimum atomic E-state index is -0.269. The topological polar surface area (TPSA) is 64.9 Å². The summed E-state index contributed by atoms with van der Waals surface area (Å²) in [5.41, 5.74) is 3.11. The van der Waals surface area contributed by atoms with Crippen LogP contribution in [-0.4, -0.2) is 29.0 Å². The average molecular weight is 373 g/mol. The highest BCUT2D eigenvalue weighted by Crippen LogP contribution is 2.30. The Bertz CT molecular complexity index is 1070. The summed E-state index contributed by atoms with van der Waals surface area (Å²) in [6.45, 7) is -0.0915. The number of amides is 1. The van der Waals surface area contributed by atoms with Gasteiger partial charge in [0, 0.05) is 18.0 Å². The number of pyridine rings is 1. The Hall–Kier alpha value is -3.80. The van der Waals surface area contributed by atoms with E-state index in [1.807, 2.05) is 71.4 Å². The van der Waals surface area contributed by atoms with Crippen molar-refractivity contribution in [2.24, 2.45) is 0 Å². The van der Waals surface area contributed by atoms with E-state index in [2.05, 4.69) is 10.3 Å². The number of benzene rings is 2. The molecule has 0 saturated heterocycles. The normalized spacial score (nSPS) is 10.6. The highest BCUT2D eigenvalue weighted by molar-refractivity contribution is 5.94. The Kier molecular flexibility index (Phi) is 4.93. The van der Waals surface area contributed by atoms with Gasteiger partial charge < -0.3 is 19.2 Å². The van der Waals surface area contributed by atoms with Gasteiger partial charge in [-0.25, -0.2) is 4.98 Å². The highest BCUT2D eigenvalue weighted by Gasteiger charge is 2.12. The van der Waals surface area contributed by atoms with Crippen molar-refractivity contribution in [1.29, 1.82) is 0 Å². The maximum Gasteiger partial charge on any atom is 0.262 e. The third-order valence-electron chi connectivity index (χ3n) is 4.25. The van der Waals surface area contributed by atoms with E-state index in [1.54, 1.807) is 19.2 Å². The van der Waals surface area contributed by atoms with Crippen molar-refractivity contribution in [2.45, 2.75) is 0 Å². The van der Waals surface area contributed by atoms with Crippen LogP contribution < -0.4 is 14.8 Å². The van der Waals surface area contributed by atoms with Gasteiger partial charge in [0.15, 0.2) is 6.61 Å². The molecule has 2 heterocycles. The van der Waals surface area contributed by atoms with E-state index in [9.17, 15) is 4.79 Å². The van der Waals surface area contributed by atoms with E-state index in [-0.39, 0.29) is 12.5 Å². The monoisotopic (exact) mass is 373 g/mol. The number of carbonyl (C=O) groups is 1. The first-order valence-corrected chi connectivity index (χ1v) is 8.83. The van der Waals surface area contributed by atoms with Crippen molar-refractivity contribution < 1.29 is 14.3 Å². The number of hydrogen-bond donors (Lipinski definition) is 1. The number of fused-ring (bicyclic) bond motifs is 1. The summed E-state index contributed by atoms with van der Waals surface area (Å²) in [5, 5.41) is 2.85.